The van der Waals surface area contributed by atoms with Gasteiger partial charge in [-0.2, -0.15) is 8.78 Å². The number of rotatable bonds is 8. The smallest absolute Gasteiger partial charge is 0.387 e. The Morgan fingerprint density at radius 3 is 2.77 bits per heavy atom. The fourth-order valence-electron chi connectivity index (χ4n) is 2.90. The number of nitrogens with one attached hydrogen (secondary N) is 1. The van der Waals surface area contributed by atoms with Crippen LogP contribution in [0.1, 0.15) is 17.4 Å². The molecule has 3 aromatic rings. The molecule has 6 nitrogen and oxygen atoms in total. The van der Waals surface area contributed by atoms with Gasteiger partial charge in [0.1, 0.15) is 10.6 Å². The van der Waals surface area contributed by atoms with E-state index in [1.54, 1.807) is 19.1 Å². The van der Waals surface area contributed by atoms with Gasteiger partial charge in [-0.05, 0) is 38.5 Å². The number of amides is 1. The van der Waals surface area contributed by atoms with Gasteiger partial charge < -0.3 is 10.1 Å². The third-order valence-corrected chi connectivity index (χ3v) is 6.77. The van der Waals surface area contributed by atoms with Crippen molar-refractivity contribution < 1.29 is 18.3 Å². The maximum absolute atomic E-state index is 13.0. The highest BCUT2D eigenvalue weighted by Crippen LogP contribution is 2.31. The van der Waals surface area contributed by atoms with Gasteiger partial charge in [-0.1, -0.05) is 30.0 Å². The van der Waals surface area contributed by atoms with Crippen molar-refractivity contribution in [2.24, 2.45) is 0 Å². The van der Waals surface area contributed by atoms with E-state index in [0.717, 1.165) is 22.2 Å². The highest BCUT2D eigenvalue weighted by Gasteiger charge is 2.22. The Bertz CT molecular complexity index is 1190. The fraction of sp³-hybridized carbons (Fsp3) is 0.286. The number of anilines is 1. The molecule has 1 amide bonds. The summed E-state index contributed by atoms with van der Waals surface area (Å²) in [4.78, 5) is 32.0. The first-order valence-electron chi connectivity index (χ1n) is 9.35. The van der Waals surface area contributed by atoms with E-state index in [0.29, 0.717) is 15.4 Å². The van der Waals surface area contributed by atoms with Crippen molar-refractivity contribution >= 4 is 44.9 Å². The van der Waals surface area contributed by atoms with Gasteiger partial charge in [0.15, 0.2) is 5.16 Å². The van der Waals surface area contributed by atoms with E-state index in [2.05, 4.69) is 21.6 Å². The molecule has 1 atom stereocenters. The standard InChI is InChI=1S/C21H21F2N3O3S2/c1-5-10-26-19(28)16-11(2)12(3)30-18(16)25-21(26)31-13(4)17(27)24-14-8-6-7-9-15(14)29-20(22)23/h5-9,13,20H,1,10H2,2-4H3,(H,24,27). The van der Waals surface area contributed by atoms with E-state index in [4.69, 9.17) is 0 Å². The van der Waals surface area contributed by atoms with Crippen molar-refractivity contribution in [3.8, 4) is 5.75 Å². The first kappa shape index (κ1) is 23.0. The zero-order chi connectivity index (χ0) is 22.7. The van der Waals surface area contributed by atoms with Gasteiger partial charge in [0, 0.05) is 11.4 Å². The molecule has 3 rings (SSSR count). The molecule has 1 N–H and O–H groups in total. The van der Waals surface area contributed by atoms with E-state index < -0.39 is 17.8 Å². The number of aryl methyl sites for hydroxylation is 2. The predicted molar refractivity (Wildman–Crippen MR) is 121 cm³/mol. The zero-order valence-electron chi connectivity index (χ0n) is 17.1. The van der Waals surface area contributed by atoms with Crippen molar-refractivity contribution in [3.63, 3.8) is 0 Å². The summed E-state index contributed by atoms with van der Waals surface area (Å²) in [5.74, 6) is -0.566. The van der Waals surface area contributed by atoms with Crippen molar-refractivity contribution in [2.45, 2.75) is 44.3 Å². The molecule has 164 valence electrons. The van der Waals surface area contributed by atoms with Crippen LogP contribution in [0.5, 0.6) is 5.75 Å². The largest absolute Gasteiger partial charge is 0.433 e. The summed E-state index contributed by atoms with van der Waals surface area (Å²) < 4.78 is 31.2. The summed E-state index contributed by atoms with van der Waals surface area (Å²) in [5.41, 5.74) is 0.850. The van der Waals surface area contributed by atoms with Crippen LogP contribution >= 0.6 is 23.1 Å². The third kappa shape index (κ3) is 4.96. The molecule has 10 heteroatoms. The Morgan fingerprint density at radius 2 is 2.10 bits per heavy atom. The molecular formula is C21H21F2N3O3S2. The van der Waals surface area contributed by atoms with Crippen molar-refractivity contribution in [1.29, 1.82) is 0 Å². The number of carbonyl (C=O) groups excluding carboxylic acids is 1. The molecule has 0 radical (unpaired) electrons. The molecule has 1 unspecified atom stereocenters. The number of ether oxygens (including phenoxy) is 1. The molecular weight excluding hydrogens is 444 g/mol. The topological polar surface area (TPSA) is 73.2 Å². The van der Waals surface area contributed by atoms with Gasteiger partial charge in [-0.3, -0.25) is 14.2 Å². The van der Waals surface area contributed by atoms with E-state index in [9.17, 15) is 18.4 Å². The number of thioether (sulfide) groups is 1. The van der Waals surface area contributed by atoms with Gasteiger partial charge in [0.2, 0.25) is 5.91 Å². The maximum atomic E-state index is 13.0. The van der Waals surface area contributed by atoms with E-state index >= 15 is 0 Å². The second-order valence-electron chi connectivity index (χ2n) is 6.69. The number of thiophene rings is 1. The van der Waals surface area contributed by atoms with Crippen molar-refractivity contribution in [2.75, 3.05) is 5.32 Å². The van der Waals surface area contributed by atoms with Crippen LogP contribution in [0.3, 0.4) is 0 Å². The van der Waals surface area contributed by atoms with Gasteiger partial charge in [0.25, 0.3) is 5.56 Å². The minimum absolute atomic E-state index is 0.129. The number of fused-ring (bicyclic) bond motifs is 1. The lowest BCUT2D eigenvalue weighted by Crippen LogP contribution is -2.27. The number of halogens is 2. The number of aromatic nitrogens is 2. The Labute approximate surface area is 185 Å². The molecule has 0 aliphatic carbocycles. The van der Waals surface area contributed by atoms with Crippen LogP contribution < -0.4 is 15.6 Å². The van der Waals surface area contributed by atoms with Gasteiger partial charge in [0.05, 0.1) is 16.3 Å². The number of hydrogen-bond donors (Lipinski definition) is 1. The molecule has 0 bridgehead atoms. The Morgan fingerprint density at radius 1 is 1.39 bits per heavy atom. The lowest BCUT2D eigenvalue weighted by molar-refractivity contribution is -0.115. The Hall–Kier alpha value is -2.72. The number of nitrogens with zero attached hydrogens (tertiary/aromatic N) is 2. The molecule has 0 aliphatic rings. The second-order valence-corrected chi connectivity index (χ2v) is 9.20. The fourth-order valence-corrected chi connectivity index (χ4v) is 4.89. The lowest BCUT2D eigenvalue weighted by atomic mass is 10.2. The van der Waals surface area contributed by atoms with E-state index in [1.807, 2.05) is 13.8 Å². The molecule has 0 saturated heterocycles. The number of carbonyl (C=O) groups is 1. The van der Waals surface area contributed by atoms with Gasteiger partial charge >= 0.3 is 6.61 Å². The van der Waals surface area contributed by atoms with Crippen LogP contribution in [0.2, 0.25) is 0 Å². The summed E-state index contributed by atoms with van der Waals surface area (Å²) >= 11 is 2.54. The highest BCUT2D eigenvalue weighted by atomic mass is 32.2. The number of hydrogen-bond acceptors (Lipinski definition) is 6. The zero-order valence-corrected chi connectivity index (χ0v) is 18.8. The molecule has 0 spiro atoms. The van der Waals surface area contributed by atoms with Crippen LogP contribution in [0.4, 0.5) is 14.5 Å². The normalized spacial score (nSPS) is 12.2. The number of benzene rings is 1. The molecule has 31 heavy (non-hydrogen) atoms. The summed E-state index contributed by atoms with van der Waals surface area (Å²) in [6, 6.07) is 5.95. The van der Waals surface area contributed by atoms with E-state index in [-0.39, 0.29) is 23.5 Å². The molecule has 0 saturated carbocycles. The summed E-state index contributed by atoms with van der Waals surface area (Å²) in [7, 11) is 0. The molecule has 1 aromatic carbocycles. The predicted octanol–water partition coefficient (Wildman–Crippen LogP) is 4.98. The maximum Gasteiger partial charge on any atom is 0.387 e. The van der Waals surface area contributed by atoms with Gasteiger partial charge in [-0.15, -0.1) is 17.9 Å². The van der Waals surface area contributed by atoms with Crippen LogP contribution in [-0.2, 0) is 11.3 Å². The monoisotopic (exact) mass is 465 g/mol. The molecule has 2 heterocycles. The van der Waals surface area contributed by atoms with Crippen LogP contribution in [0, 0.1) is 13.8 Å². The molecule has 2 aromatic heterocycles. The first-order chi connectivity index (χ1) is 14.7. The van der Waals surface area contributed by atoms with Crippen molar-refractivity contribution in [1.82, 2.24) is 9.55 Å². The minimum atomic E-state index is -3.01. The minimum Gasteiger partial charge on any atom is -0.433 e. The summed E-state index contributed by atoms with van der Waals surface area (Å²) in [6.45, 7) is 6.41. The summed E-state index contributed by atoms with van der Waals surface area (Å²) in [6.07, 6.45) is 1.59. The van der Waals surface area contributed by atoms with Gasteiger partial charge in [-0.25, -0.2) is 4.98 Å². The Balaban J connectivity index is 1.88. The SMILES string of the molecule is C=CCn1c(SC(C)C(=O)Nc2ccccc2OC(F)F)nc2sc(C)c(C)c2c1=O. The molecule has 0 aliphatic heterocycles. The Kier molecular flexibility index (Phi) is 7.11. The highest BCUT2D eigenvalue weighted by molar-refractivity contribution is 8.00. The average Bonchev–Trinajstić information content (AvgIpc) is 2.99. The van der Waals surface area contributed by atoms with Crippen molar-refractivity contribution in [3.05, 3.63) is 57.7 Å². The number of para-hydroxylation sites is 2. The third-order valence-electron chi connectivity index (χ3n) is 4.58. The van der Waals surface area contributed by atoms with E-state index in [1.165, 1.54) is 34.1 Å². The first-order valence-corrected chi connectivity index (χ1v) is 11.0. The second kappa shape index (κ2) is 9.61. The van der Waals surface area contributed by atoms with Crippen LogP contribution in [-0.4, -0.2) is 27.3 Å². The average molecular weight is 466 g/mol. The number of allylic oxidation sites excluding steroid dienone is 1. The quantitative estimate of drug-likeness (QED) is 0.289. The summed E-state index contributed by atoms with van der Waals surface area (Å²) in [5, 5.41) is 2.90. The van der Waals surface area contributed by atoms with Crippen LogP contribution in [0.25, 0.3) is 10.2 Å². The number of alkyl halides is 2. The van der Waals surface area contributed by atoms with Crippen LogP contribution in [0.15, 0.2) is 46.9 Å². The molecule has 0 fully saturated rings. The lowest BCUT2D eigenvalue weighted by Gasteiger charge is -2.16.